The molecule has 1 aromatic heterocycles. The van der Waals surface area contributed by atoms with Crippen molar-refractivity contribution in [3.05, 3.63) is 11.7 Å². The van der Waals surface area contributed by atoms with Gasteiger partial charge in [-0.05, 0) is 0 Å². The normalized spacial score (nSPS) is 20.1. The molecule has 0 N–H and O–H groups in total. The summed E-state index contributed by atoms with van der Waals surface area (Å²) in [4.78, 5) is 14.4. The minimum absolute atomic E-state index is 0.0204. The minimum Gasteiger partial charge on any atom is -0.381 e. The Kier molecular flexibility index (Phi) is 2.79. The van der Waals surface area contributed by atoms with Gasteiger partial charge in [0.25, 0.3) is 5.89 Å². The maximum atomic E-state index is 10.4. The fourth-order valence-electron chi connectivity index (χ4n) is 1.69. The van der Waals surface area contributed by atoms with E-state index in [0.717, 1.165) is 0 Å². The number of hydrogen-bond acceptors (Lipinski definition) is 6. The molecule has 0 aromatic carbocycles. The van der Waals surface area contributed by atoms with Crippen LogP contribution in [0.3, 0.4) is 0 Å². The number of aldehydes is 1. The summed E-state index contributed by atoms with van der Waals surface area (Å²) in [5.41, 5.74) is -0.566. The van der Waals surface area contributed by atoms with Crippen LogP contribution in [0.15, 0.2) is 4.52 Å². The highest BCUT2D eigenvalue weighted by molar-refractivity contribution is 5.67. The summed E-state index contributed by atoms with van der Waals surface area (Å²) in [5, 5.41) is 3.76. The van der Waals surface area contributed by atoms with Gasteiger partial charge < -0.3 is 14.0 Å². The SMILES string of the molecule is COC1(c2noc(C=O)n2)CCOCC1. The third kappa shape index (κ3) is 1.78. The number of methoxy groups -OCH3 is 1. The quantitative estimate of drug-likeness (QED) is 0.680. The van der Waals surface area contributed by atoms with Crippen LogP contribution < -0.4 is 0 Å². The number of carbonyl (C=O) groups is 1. The molecule has 15 heavy (non-hydrogen) atoms. The van der Waals surface area contributed by atoms with Gasteiger partial charge >= 0.3 is 0 Å². The summed E-state index contributed by atoms with van der Waals surface area (Å²) >= 11 is 0. The number of rotatable bonds is 3. The largest absolute Gasteiger partial charge is 0.381 e. The third-order valence-corrected chi connectivity index (χ3v) is 2.64. The van der Waals surface area contributed by atoms with Crippen LogP contribution in [0.25, 0.3) is 0 Å². The molecule has 0 bridgehead atoms. The molecular weight excluding hydrogens is 200 g/mol. The van der Waals surface area contributed by atoms with Crippen molar-refractivity contribution < 1.29 is 18.8 Å². The molecule has 0 unspecified atom stereocenters. The molecular formula is C9H12N2O4. The van der Waals surface area contributed by atoms with Crippen molar-refractivity contribution in [2.45, 2.75) is 18.4 Å². The van der Waals surface area contributed by atoms with Crippen molar-refractivity contribution in [1.82, 2.24) is 10.1 Å². The van der Waals surface area contributed by atoms with E-state index < -0.39 is 5.60 Å². The second-order valence-corrected chi connectivity index (χ2v) is 3.38. The van der Waals surface area contributed by atoms with Crippen molar-refractivity contribution in [1.29, 1.82) is 0 Å². The Morgan fingerprint density at radius 2 is 2.20 bits per heavy atom. The van der Waals surface area contributed by atoms with Crippen molar-refractivity contribution >= 4 is 6.29 Å². The van der Waals surface area contributed by atoms with Gasteiger partial charge in [0.1, 0.15) is 5.60 Å². The highest BCUT2D eigenvalue weighted by Gasteiger charge is 2.39. The highest BCUT2D eigenvalue weighted by atomic mass is 16.5. The zero-order valence-corrected chi connectivity index (χ0v) is 8.43. The lowest BCUT2D eigenvalue weighted by Crippen LogP contribution is -2.36. The van der Waals surface area contributed by atoms with E-state index in [4.69, 9.17) is 14.0 Å². The van der Waals surface area contributed by atoms with Crippen LogP contribution in [0, 0.1) is 0 Å². The van der Waals surface area contributed by atoms with E-state index in [1.807, 2.05) is 0 Å². The summed E-state index contributed by atoms with van der Waals surface area (Å²) in [6.45, 7) is 1.19. The standard InChI is InChI=1S/C9H12N2O4/c1-13-9(2-4-14-5-3-9)8-10-7(6-12)15-11-8/h6H,2-5H2,1H3. The molecule has 6 nitrogen and oxygen atoms in total. The molecule has 6 heteroatoms. The topological polar surface area (TPSA) is 74.5 Å². The van der Waals surface area contributed by atoms with Crippen LogP contribution in [-0.4, -0.2) is 36.8 Å². The average Bonchev–Trinajstić information content (AvgIpc) is 2.79. The van der Waals surface area contributed by atoms with Crippen LogP contribution in [0.5, 0.6) is 0 Å². The number of carbonyl (C=O) groups excluding carboxylic acids is 1. The minimum atomic E-state index is -0.566. The lowest BCUT2D eigenvalue weighted by molar-refractivity contribution is -0.101. The molecule has 0 atom stereocenters. The Morgan fingerprint density at radius 1 is 1.47 bits per heavy atom. The van der Waals surface area contributed by atoms with Gasteiger partial charge in [-0.15, -0.1) is 0 Å². The number of ether oxygens (including phenoxy) is 2. The number of aromatic nitrogens is 2. The molecule has 1 saturated heterocycles. The Morgan fingerprint density at radius 3 is 2.73 bits per heavy atom. The Hall–Kier alpha value is -1.27. The van der Waals surface area contributed by atoms with Gasteiger partial charge in [-0.25, -0.2) is 0 Å². The van der Waals surface area contributed by atoms with Gasteiger partial charge in [-0.2, -0.15) is 4.98 Å². The van der Waals surface area contributed by atoms with Crippen molar-refractivity contribution in [2.24, 2.45) is 0 Å². The fraction of sp³-hybridized carbons (Fsp3) is 0.667. The van der Waals surface area contributed by atoms with Crippen molar-refractivity contribution in [3.8, 4) is 0 Å². The first-order valence-corrected chi connectivity index (χ1v) is 4.73. The molecule has 82 valence electrons. The van der Waals surface area contributed by atoms with Crippen LogP contribution in [-0.2, 0) is 15.1 Å². The van der Waals surface area contributed by atoms with Gasteiger partial charge in [0, 0.05) is 33.2 Å². The molecule has 0 saturated carbocycles. The van der Waals surface area contributed by atoms with E-state index in [-0.39, 0.29) is 5.89 Å². The zero-order chi connectivity index (χ0) is 10.7. The Balaban J connectivity index is 2.27. The molecule has 1 aromatic rings. The Labute approximate surface area is 86.6 Å². The monoisotopic (exact) mass is 212 g/mol. The van der Waals surface area contributed by atoms with Gasteiger partial charge in [-0.1, -0.05) is 5.16 Å². The van der Waals surface area contributed by atoms with Gasteiger partial charge in [0.05, 0.1) is 0 Å². The van der Waals surface area contributed by atoms with E-state index >= 15 is 0 Å². The first kappa shape index (κ1) is 10.3. The molecule has 0 spiro atoms. The maximum absolute atomic E-state index is 10.4. The zero-order valence-electron chi connectivity index (χ0n) is 8.43. The molecule has 0 amide bonds. The van der Waals surface area contributed by atoms with Crippen LogP contribution in [0.1, 0.15) is 29.4 Å². The molecule has 2 rings (SSSR count). The predicted molar refractivity (Wildman–Crippen MR) is 48.4 cm³/mol. The van der Waals surface area contributed by atoms with E-state index in [1.165, 1.54) is 0 Å². The van der Waals surface area contributed by atoms with Crippen molar-refractivity contribution in [2.75, 3.05) is 20.3 Å². The lowest BCUT2D eigenvalue weighted by atomic mass is 9.93. The second-order valence-electron chi connectivity index (χ2n) is 3.38. The highest BCUT2D eigenvalue weighted by Crippen LogP contribution is 2.33. The molecule has 0 aliphatic carbocycles. The smallest absolute Gasteiger partial charge is 0.290 e. The summed E-state index contributed by atoms with van der Waals surface area (Å²) in [7, 11) is 1.60. The molecule has 1 fully saturated rings. The first-order valence-electron chi connectivity index (χ1n) is 4.73. The fourth-order valence-corrected chi connectivity index (χ4v) is 1.69. The van der Waals surface area contributed by atoms with Crippen LogP contribution >= 0.6 is 0 Å². The van der Waals surface area contributed by atoms with Crippen molar-refractivity contribution in [3.63, 3.8) is 0 Å². The summed E-state index contributed by atoms with van der Waals surface area (Å²) in [5.74, 6) is 0.406. The van der Waals surface area contributed by atoms with E-state index in [0.29, 0.717) is 38.2 Å². The Bertz CT molecular complexity index is 344. The first-order chi connectivity index (χ1) is 7.30. The predicted octanol–water partition coefficient (Wildman–Crippen LogP) is 0.534. The lowest BCUT2D eigenvalue weighted by Gasteiger charge is -2.32. The number of hydrogen-bond donors (Lipinski definition) is 0. The molecule has 1 aliphatic rings. The maximum Gasteiger partial charge on any atom is 0.290 e. The van der Waals surface area contributed by atoms with Gasteiger partial charge in [0.15, 0.2) is 0 Å². The van der Waals surface area contributed by atoms with E-state index in [1.54, 1.807) is 7.11 Å². The van der Waals surface area contributed by atoms with Crippen LogP contribution in [0.4, 0.5) is 0 Å². The van der Waals surface area contributed by atoms with Gasteiger partial charge in [-0.3, -0.25) is 4.79 Å². The summed E-state index contributed by atoms with van der Waals surface area (Å²) in [6, 6.07) is 0. The summed E-state index contributed by atoms with van der Waals surface area (Å²) in [6.07, 6.45) is 1.86. The second kappa shape index (κ2) is 4.08. The molecule has 0 radical (unpaired) electrons. The van der Waals surface area contributed by atoms with Gasteiger partial charge in [0.2, 0.25) is 12.1 Å². The van der Waals surface area contributed by atoms with E-state index in [2.05, 4.69) is 10.1 Å². The van der Waals surface area contributed by atoms with E-state index in [9.17, 15) is 4.79 Å². The molecule has 1 aliphatic heterocycles. The average molecular weight is 212 g/mol. The summed E-state index contributed by atoms with van der Waals surface area (Å²) < 4.78 is 15.4. The molecule has 2 heterocycles. The van der Waals surface area contributed by atoms with Crippen LogP contribution in [0.2, 0.25) is 0 Å². The third-order valence-electron chi connectivity index (χ3n) is 2.64. The number of nitrogens with zero attached hydrogens (tertiary/aromatic N) is 2.